The lowest BCUT2D eigenvalue weighted by Gasteiger charge is -2.47. The van der Waals surface area contributed by atoms with E-state index in [4.69, 9.17) is 4.74 Å². The number of carbonyl (C=O) groups excluding carboxylic acids is 1. The maximum Gasteiger partial charge on any atom is 0.337 e. The van der Waals surface area contributed by atoms with Gasteiger partial charge in [-0.3, -0.25) is 4.99 Å². The normalized spacial score (nSPS) is 17.8. The van der Waals surface area contributed by atoms with Crippen LogP contribution in [0, 0.1) is 12.7 Å². The van der Waals surface area contributed by atoms with Crippen LogP contribution in [0.3, 0.4) is 0 Å². The summed E-state index contributed by atoms with van der Waals surface area (Å²) in [6.45, 7) is 11.6. The van der Waals surface area contributed by atoms with Crippen molar-refractivity contribution in [3.8, 4) is 0 Å². The number of fused-ring (bicyclic) bond motifs is 1. The molecule has 3 rings (SSSR count). The number of hydrogen-bond acceptors (Lipinski definition) is 4. The van der Waals surface area contributed by atoms with E-state index in [-0.39, 0.29) is 11.4 Å². The van der Waals surface area contributed by atoms with Crippen LogP contribution in [0.2, 0.25) is 0 Å². The molecule has 0 fully saturated rings. The van der Waals surface area contributed by atoms with Crippen LogP contribution < -0.4 is 4.90 Å². The van der Waals surface area contributed by atoms with Gasteiger partial charge in [-0.2, -0.15) is 0 Å². The van der Waals surface area contributed by atoms with Crippen LogP contribution in [-0.2, 0) is 4.74 Å². The molecule has 0 radical (unpaired) electrons. The van der Waals surface area contributed by atoms with Crippen LogP contribution in [0.15, 0.2) is 35.3 Å². The quantitative estimate of drug-likeness (QED) is 0.437. The van der Waals surface area contributed by atoms with Gasteiger partial charge >= 0.3 is 5.97 Å². The summed E-state index contributed by atoms with van der Waals surface area (Å²) in [7, 11) is 1.35. The Labute approximate surface area is 178 Å². The Hall–Kier alpha value is -2.69. The molecule has 1 aliphatic heterocycles. The summed E-state index contributed by atoms with van der Waals surface area (Å²) in [4.78, 5) is 18.6. The van der Waals surface area contributed by atoms with Crippen molar-refractivity contribution in [2.24, 2.45) is 4.99 Å². The number of carbonyl (C=O) groups is 1. The van der Waals surface area contributed by atoms with Gasteiger partial charge in [0, 0.05) is 29.5 Å². The van der Waals surface area contributed by atoms with Crippen LogP contribution in [0.1, 0.15) is 73.5 Å². The van der Waals surface area contributed by atoms with Gasteiger partial charge in [-0.15, -0.1) is 0 Å². The minimum Gasteiger partial charge on any atom is -0.465 e. The maximum atomic E-state index is 15.0. The van der Waals surface area contributed by atoms with Gasteiger partial charge in [0.1, 0.15) is 5.82 Å². The van der Waals surface area contributed by atoms with Gasteiger partial charge in [0.05, 0.1) is 18.4 Å². The number of benzene rings is 2. The van der Waals surface area contributed by atoms with Crippen LogP contribution in [0.5, 0.6) is 0 Å². The molecule has 0 aliphatic carbocycles. The highest BCUT2D eigenvalue weighted by Crippen LogP contribution is 2.44. The van der Waals surface area contributed by atoms with Crippen molar-refractivity contribution in [3.63, 3.8) is 0 Å². The Morgan fingerprint density at radius 3 is 2.73 bits per heavy atom. The number of hydrogen-bond donors (Lipinski definition) is 0. The molecule has 0 saturated heterocycles. The second kappa shape index (κ2) is 8.58. The van der Waals surface area contributed by atoms with E-state index in [1.807, 2.05) is 19.1 Å². The summed E-state index contributed by atoms with van der Waals surface area (Å²) in [6.07, 6.45) is 3.58. The second-order valence-electron chi connectivity index (χ2n) is 8.75. The van der Waals surface area contributed by atoms with Crippen LogP contribution in [0.25, 0.3) is 0 Å². The van der Waals surface area contributed by atoms with Crippen LogP contribution in [-0.4, -0.2) is 31.4 Å². The van der Waals surface area contributed by atoms with E-state index in [9.17, 15) is 4.79 Å². The van der Waals surface area contributed by atoms with E-state index in [1.54, 1.807) is 24.4 Å². The topological polar surface area (TPSA) is 41.9 Å². The van der Waals surface area contributed by atoms with E-state index >= 15 is 4.39 Å². The molecule has 1 unspecified atom stereocenters. The highest BCUT2D eigenvalue weighted by atomic mass is 19.1. The molecular formula is C25H31FN2O2. The highest BCUT2D eigenvalue weighted by molar-refractivity contribution is 5.91. The van der Waals surface area contributed by atoms with Gasteiger partial charge in [-0.05, 0) is 74.9 Å². The first kappa shape index (κ1) is 22.0. The molecule has 0 N–H and O–H groups in total. The van der Waals surface area contributed by atoms with Gasteiger partial charge < -0.3 is 9.64 Å². The number of methoxy groups -OCH3 is 1. The van der Waals surface area contributed by atoms with Crippen molar-refractivity contribution >= 4 is 23.6 Å². The fraction of sp³-hybridized carbons (Fsp3) is 0.440. The Bertz CT molecular complexity index is 981. The Kier molecular flexibility index (Phi) is 6.30. The van der Waals surface area contributed by atoms with Crippen molar-refractivity contribution in [3.05, 3.63) is 58.4 Å². The molecule has 1 atom stereocenters. The molecule has 0 spiro atoms. The lowest BCUT2D eigenvalue weighted by Crippen LogP contribution is -2.48. The Balaban J connectivity index is 2.00. The van der Waals surface area contributed by atoms with Gasteiger partial charge in [-0.25, -0.2) is 9.18 Å². The maximum absolute atomic E-state index is 15.0. The number of aliphatic imine (C=N–C) groups is 1. The minimum atomic E-state index is -0.418. The first-order valence-corrected chi connectivity index (χ1v) is 10.5. The third-order valence-corrected chi connectivity index (χ3v) is 5.92. The number of halogens is 1. The minimum absolute atomic E-state index is 0.00406. The predicted molar refractivity (Wildman–Crippen MR) is 121 cm³/mol. The Morgan fingerprint density at radius 1 is 1.33 bits per heavy atom. The molecule has 4 nitrogen and oxygen atoms in total. The predicted octanol–water partition coefficient (Wildman–Crippen LogP) is 6.17. The number of aryl methyl sites for hydroxylation is 1. The van der Waals surface area contributed by atoms with Crippen molar-refractivity contribution < 1.29 is 13.9 Å². The van der Waals surface area contributed by atoms with Crippen LogP contribution >= 0.6 is 0 Å². The zero-order valence-corrected chi connectivity index (χ0v) is 18.8. The molecule has 2 aromatic rings. The Morgan fingerprint density at radius 2 is 2.07 bits per heavy atom. The fourth-order valence-electron chi connectivity index (χ4n) is 4.40. The molecule has 0 saturated carbocycles. The number of anilines is 1. The van der Waals surface area contributed by atoms with Gasteiger partial charge in [-0.1, -0.05) is 19.9 Å². The number of esters is 1. The monoisotopic (exact) mass is 410 g/mol. The highest BCUT2D eigenvalue weighted by Gasteiger charge is 2.36. The van der Waals surface area contributed by atoms with E-state index < -0.39 is 5.97 Å². The third-order valence-electron chi connectivity index (χ3n) is 5.92. The van der Waals surface area contributed by atoms with E-state index in [0.717, 1.165) is 36.2 Å². The molecule has 0 amide bonds. The van der Waals surface area contributed by atoms with E-state index in [0.29, 0.717) is 22.7 Å². The smallest absolute Gasteiger partial charge is 0.337 e. The molecule has 160 valence electrons. The summed E-state index contributed by atoms with van der Waals surface area (Å²) in [6, 6.07) is 8.76. The summed E-state index contributed by atoms with van der Waals surface area (Å²) < 4.78 is 19.8. The van der Waals surface area contributed by atoms with Crippen molar-refractivity contribution in [1.82, 2.24) is 0 Å². The molecule has 0 bridgehead atoms. The average molecular weight is 411 g/mol. The third kappa shape index (κ3) is 4.25. The van der Waals surface area contributed by atoms with E-state index in [2.05, 4.69) is 37.6 Å². The van der Waals surface area contributed by atoms with Gasteiger partial charge in [0.2, 0.25) is 0 Å². The van der Waals surface area contributed by atoms with Gasteiger partial charge in [0.15, 0.2) is 0 Å². The molecule has 30 heavy (non-hydrogen) atoms. The lowest BCUT2D eigenvalue weighted by molar-refractivity contribution is 0.0600. The van der Waals surface area contributed by atoms with Crippen molar-refractivity contribution in [1.29, 1.82) is 0 Å². The van der Waals surface area contributed by atoms with Crippen molar-refractivity contribution in [2.75, 3.05) is 18.6 Å². The number of nitrogens with zero attached hydrogens (tertiary/aromatic N) is 2. The molecule has 2 aromatic carbocycles. The van der Waals surface area contributed by atoms with Crippen LogP contribution in [0.4, 0.5) is 15.8 Å². The molecule has 1 heterocycles. The fourth-order valence-corrected chi connectivity index (χ4v) is 4.40. The largest absolute Gasteiger partial charge is 0.465 e. The molecule has 1 aliphatic rings. The SMILES string of the molecule is CCCN1c2cc(F)c(C=Nc3cc(C(=O)OC)ccc3C)cc2C(C)CC1(C)C. The number of ether oxygens (including phenoxy) is 1. The molecule has 5 heteroatoms. The summed E-state index contributed by atoms with van der Waals surface area (Å²) in [5, 5.41) is 0. The first-order chi connectivity index (χ1) is 14.2. The van der Waals surface area contributed by atoms with E-state index in [1.165, 1.54) is 7.11 Å². The average Bonchev–Trinajstić information content (AvgIpc) is 2.70. The van der Waals surface area contributed by atoms with Crippen molar-refractivity contribution in [2.45, 2.75) is 58.9 Å². The zero-order valence-electron chi connectivity index (χ0n) is 18.8. The van der Waals surface area contributed by atoms with Gasteiger partial charge in [0.25, 0.3) is 0 Å². The lowest BCUT2D eigenvalue weighted by atomic mass is 9.79. The zero-order chi connectivity index (χ0) is 22.1. The summed E-state index contributed by atoms with van der Waals surface area (Å²) >= 11 is 0. The summed E-state index contributed by atoms with van der Waals surface area (Å²) in [5.41, 5.74) is 4.55. The standard InChI is InChI=1S/C25H31FN2O2/c1-7-10-28-23-13-21(26)19(11-20(23)17(3)14-25(28,4)5)15-27-22-12-18(24(29)30-6)9-8-16(22)2/h8-9,11-13,15,17H,7,10,14H2,1-6H3. The molecule has 0 aromatic heterocycles. The first-order valence-electron chi connectivity index (χ1n) is 10.5. The second-order valence-corrected chi connectivity index (χ2v) is 8.75. The summed E-state index contributed by atoms with van der Waals surface area (Å²) in [5.74, 6) is -0.371. The molecular weight excluding hydrogens is 379 g/mol. The number of rotatable bonds is 5.